The van der Waals surface area contributed by atoms with Crippen molar-refractivity contribution in [3.8, 4) is 0 Å². The second kappa shape index (κ2) is 8.24. The van der Waals surface area contributed by atoms with Crippen LogP contribution < -0.4 is 10.6 Å². The molecule has 144 valence electrons. The summed E-state index contributed by atoms with van der Waals surface area (Å²) in [7, 11) is 0. The van der Waals surface area contributed by atoms with E-state index in [1.54, 1.807) is 0 Å². The van der Waals surface area contributed by atoms with E-state index in [4.69, 9.17) is 0 Å². The van der Waals surface area contributed by atoms with E-state index in [1.807, 2.05) is 39.0 Å². The first kappa shape index (κ1) is 20.5. The van der Waals surface area contributed by atoms with E-state index in [0.717, 1.165) is 35.4 Å². The molecule has 0 aliphatic rings. The summed E-state index contributed by atoms with van der Waals surface area (Å²) in [6.45, 7) is 5.61. The molecule has 4 nitrogen and oxygen atoms in total. The van der Waals surface area contributed by atoms with Gasteiger partial charge in [-0.25, -0.2) is 0 Å². The quantitative estimate of drug-likeness (QED) is 0.805. The van der Waals surface area contributed by atoms with Gasteiger partial charge in [0.2, 0.25) is 5.91 Å². The van der Waals surface area contributed by atoms with Crippen molar-refractivity contribution in [2.75, 3.05) is 11.9 Å². The van der Waals surface area contributed by atoms with E-state index in [1.165, 1.54) is 0 Å². The van der Waals surface area contributed by atoms with Crippen molar-refractivity contribution < 1.29 is 22.8 Å². The molecule has 0 aliphatic heterocycles. The second-order valence-corrected chi connectivity index (χ2v) is 6.50. The predicted molar refractivity (Wildman–Crippen MR) is 97.7 cm³/mol. The summed E-state index contributed by atoms with van der Waals surface area (Å²) < 4.78 is 37.7. The molecule has 0 aromatic heterocycles. The molecule has 0 fully saturated rings. The third-order valence-corrected chi connectivity index (χ3v) is 4.08. The van der Waals surface area contributed by atoms with Crippen LogP contribution in [0.15, 0.2) is 42.5 Å². The Morgan fingerprint density at radius 2 is 1.67 bits per heavy atom. The Bertz CT molecular complexity index is 828. The molecule has 0 atom stereocenters. The first-order valence-corrected chi connectivity index (χ1v) is 8.44. The molecule has 0 aliphatic carbocycles. The number of amides is 2. The van der Waals surface area contributed by atoms with Gasteiger partial charge in [0.1, 0.15) is 0 Å². The van der Waals surface area contributed by atoms with E-state index < -0.39 is 23.6 Å². The standard InChI is InChI=1S/C20H21F3N2O2/c1-12(2)16-6-4-5-13(3)18(16)25-17(26)11-24-19(27)14-7-9-15(10-8-14)20(21,22)23/h4-10,12H,11H2,1-3H3,(H,24,27)(H,25,26). The lowest BCUT2D eigenvalue weighted by Crippen LogP contribution is -2.33. The minimum Gasteiger partial charge on any atom is -0.343 e. The summed E-state index contributed by atoms with van der Waals surface area (Å²) in [5.74, 6) is -0.818. The minimum atomic E-state index is -4.46. The third-order valence-electron chi connectivity index (χ3n) is 4.08. The van der Waals surface area contributed by atoms with Crippen LogP contribution in [0.4, 0.5) is 18.9 Å². The molecule has 0 heterocycles. The highest BCUT2D eigenvalue weighted by molar-refractivity contribution is 5.99. The third kappa shape index (κ3) is 5.32. The molecule has 2 aromatic carbocycles. The Labute approximate surface area is 155 Å². The number of hydrogen-bond donors (Lipinski definition) is 2. The molecular weight excluding hydrogens is 357 g/mol. The van der Waals surface area contributed by atoms with Crippen LogP contribution in [0.3, 0.4) is 0 Å². The van der Waals surface area contributed by atoms with Gasteiger partial charge in [0.15, 0.2) is 0 Å². The van der Waals surface area contributed by atoms with E-state index >= 15 is 0 Å². The topological polar surface area (TPSA) is 58.2 Å². The van der Waals surface area contributed by atoms with Gasteiger partial charge in [-0.3, -0.25) is 9.59 Å². The zero-order chi connectivity index (χ0) is 20.2. The molecule has 0 saturated carbocycles. The molecule has 0 bridgehead atoms. The summed E-state index contributed by atoms with van der Waals surface area (Å²) in [5.41, 5.74) is 1.81. The van der Waals surface area contributed by atoms with Gasteiger partial charge < -0.3 is 10.6 Å². The largest absolute Gasteiger partial charge is 0.416 e. The molecule has 0 saturated heterocycles. The number of aryl methyl sites for hydroxylation is 1. The highest BCUT2D eigenvalue weighted by Gasteiger charge is 2.30. The van der Waals surface area contributed by atoms with Gasteiger partial charge in [0.05, 0.1) is 12.1 Å². The number of hydrogen-bond acceptors (Lipinski definition) is 2. The predicted octanol–water partition coefficient (Wildman–Crippen LogP) is 4.51. The molecule has 2 N–H and O–H groups in total. The number of anilines is 1. The van der Waals surface area contributed by atoms with E-state index in [-0.39, 0.29) is 18.0 Å². The first-order valence-electron chi connectivity index (χ1n) is 8.44. The van der Waals surface area contributed by atoms with E-state index in [2.05, 4.69) is 10.6 Å². The molecule has 2 aromatic rings. The van der Waals surface area contributed by atoms with Gasteiger partial charge in [0, 0.05) is 11.3 Å². The molecule has 2 rings (SSSR count). The van der Waals surface area contributed by atoms with Crippen molar-refractivity contribution in [2.24, 2.45) is 0 Å². The molecular formula is C20H21F3N2O2. The molecule has 27 heavy (non-hydrogen) atoms. The Kier molecular flexibility index (Phi) is 6.25. The Hall–Kier alpha value is -2.83. The number of alkyl halides is 3. The number of para-hydroxylation sites is 1. The van der Waals surface area contributed by atoms with Crippen molar-refractivity contribution >= 4 is 17.5 Å². The minimum absolute atomic E-state index is 0.0505. The number of carbonyl (C=O) groups is 2. The summed E-state index contributed by atoms with van der Waals surface area (Å²) in [6.07, 6.45) is -4.46. The van der Waals surface area contributed by atoms with Crippen LogP contribution in [0, 0.1) is 6.92 Å². The smallest absolute Gasteiger partial charge is 0.343 e. The zero-order valence-electron chi connectivity index (χ0n) is 15.3. The van der Waals surface area contributed by atoms with Crippen LogP contribution in [0.5, 0.6) is 0 Å². The van der Waals surface area contributed by atoms with Gasteiger partial charge >= 0.3 is 6.18 Å². The molecule has 0 radical (unpaired) electrons. The van der Waals surface area contributed by atoms with Crippen molar-refractivity contribution in [2.45, 2.75) is 32.9 Å². The average Bonchev–Trinajstić information content (AvgIpc) is 2.60. The fourth-order valence-electron chi connectivity index (χ4n) is 2.60. The summed E-state index contributed by atoms with van der Waals surface area (Å²) in [4.78, 5) is 24.2. The maximum atomic E-state index is 12.6. The molecule has 0 spiro atoms. The highest BCUT2D eigenvalue weighted by atomic mass is 19.4. The van der Waals surface area contributed by atoms with Gasteiger partial charge in [-0.15, -0.1) is 0 Å². The van der Waals surface area contributed by atoms with E-state index in [0.29, 0.717) is 5.69 Å². The number of carbonyl (C=O) groups excluding carboxylic acids is 2. The lowest BCUT2D eigenvalue weighted by atomic mass is 9.98. The van der Waals surface area contributed by atoms with Crippen LogP contribution in [0.2, 0.25) is 0 Å². The zero-order valence-corrected chi connectivity index (χ0v) is 15.3. The maximum absolute atomic E-state index is 12.6. The average molecular weight is 378 g/mol. The fraction of sp³-hybridized carbons (Fsp3) is 0.300. The fourth-order valence-corrected chi connectivity index (χ4v) is 2.60. The Morgan fingerprint density at radius 1 is 1.04 bits per heavy atom. The van der Waals surface area contributed by atoms with Crippen molar-refractivity contribution in [3.63, 3.8) is 0 Å². The van der Waals surface area contributed by atoms with Crippen molar-refractivity contribution in [1.82, 2.24) is 5.32 Å². The SMILES string of the molecule is Cc1cccc(C(C)C)c1NC(=O)CNC(=O)c1ccc(C(F)(F)F)cc1. The molecule has 7 heteroatoms. The highest BCUT2D eigenvalue weighted by Crippen LogP contribution is 2.29. The Balaban J connectivity index is 1.99. The van der Waals surface area contributed by atoms with E-state index in [9.17, 15) is 22.8 Å². The number of nitrogens with one attached hydrogen (secondary N) is 2. The lowest BCUT2D eigenvalue weighted by molar-refractivity contribution is -0.137. The molecule has 2 amide bonds. The van der Waals surface area contributed by atoms with Crippen molar-refractivity contribution in [3.05, 3.63) is 64.7 Å². The summed E-state index contributed by atoms with van der Waals surface area (Å²) in [6, 6.07) is 9.53. The van der Waals surface area contributed by atoms with Crippen LogP contribution >= 0.6 is 0 Å². The Morgan fingerprint density at radius 3 is 2.22 bits per heavy atom. The van der Waals surface area contributed by atoms with Gasteiger partial charge in [0.25, 0.3) is 5.91 Å². The normalized spacial score (nSPS) is 11.4. The number of halogens is 3. The van der Waals surface area contributed by atoms with Gasteiger partial charge in [-0.1, -0.05) is 32.0 Å². The van der Waals surface area contributed by atoms with Crippen LogP contribution in [0.1, 0.15) is 46.8 Å². The van der Waals surface area contributed by atoms with Gasteiger partial charge in [-0.05, 0) is 48.2 Å². The van der Waals surface area contributed by atoms with Crippen LogP contribution in [-0.2, 0) is 11.0 Å². The molecule has 0 unspecified atom stereocenters. The summed E-state index contributed by atoms with van der Waals surface area (Å²) in [5, 5.41) is 5.21. The maximum Gasteiger partial charge on any atom is 0.416 e. The number of rotatable bonds is 5. The number of benzene rings is 2. The second-order valence-electron chi connectivity index (χ2n) is 6.50. The lowest BCUT2D eigenvalue weighted by Gasteiger charge is -2.16. The first-order chi connectivity index (χ1) is 12.6. The van der Waals surface area contributed by atoms with Crippen LogP contribution in [0.25, 0.3) is 0 Å². The van der Waals surface area contributed by atoms with Crippen molar-refractivity contribution in [1.29, 1.82) is 0 Å². The summed E-state index contributed by atoms with van der Waals surface area (Å²) >= 11 is 0. The monoisotopic (exact) mass is 378 g/mol. The van der Waals surface area contributed by atoms with Gasteiger partial charge in [-0.2, -0.15) is 13.2 Å². The van der Waals surface area contributed by atoms with Crippen LogP contribution in [-0.4, -0.2) is 18.4 Å².